The number of ketones is 1. The van der Waals surface area contributed by atoms with Gasteiger partial charge in [0, 0.05) is 4.92 Å². The van der Waals surface area contributed by atoms with Gasteiger partial charge in [0.25, 0.3) is 0 Å². The molecule has 0 aliphatic carbocycles. The van der Waals surface area contributed by atoms with Gasteiger partial charge in [-0.2, -0.15) is 0 Å². The van der Waals surface area contributed by atoms with Crippen molar-refractivity contribution in [2.75, 3.05) is 6.54 Å². The molecule has 1 N–H and O–H groups in total. The predicted molar refractivity (Wildman–Crippen MR) is 57.7 cm³/mol. The standard InChI is InChI=1S/C11H13NO4/c1-8(13)11(14)10(7-12(15)16)9-5-3-2-4-6-9/h2-6,10-11,14H,7H2,1H3/t10-,11+/m0/s1. The number of nitro groups is 1. The van der Waals surface area contributed by atoms with E-state index < -0.39 is 29.3 Å². The molecule has 2 atom stereocenters. The number of benzene rings is 1. The lowest BCUT2D eigenvalue weighted by Crippen LogP contribution is -2.30. The highest BCUT2D eigenvalue weighted by molar-refractivity contribution is 5.81. The first-order valence-electron chi connectivity index (χ1n) is 4.87. The maximum absolute atomic E-state index is 11.1. The summed E-state index contributed by atoms with van der Waals surface area (Å²) >= 11 is 0. The summed E-state index contributed by atoms with van der Waals surface area (Å²) in [6.45, 7) is 0.769. The fraction of sp³-hybridized carbons (Fsp3) is 0.364. The van der Waals surface area contributed by atoms with Crippen LogP contribution in [0.5, 0.6) is 0 Å². The predicted octanol–water partition coefficient (Wildman–Crippen LogP) is 0.997. The van der Waals surface area contributed by atoms with Crippen molar-refractivity contribution in [2.45, 2.75) is 18.9 Å². The van der Waals surface area contributed by atoms with Crippen molar-refractivity contribution in [3.8, 4) is 0 Å². The van der Waals surface area contributed by atoms with Gasteiger partial charge in [-0.15, -0.1) is 0 Å². The molecule has 86 valence electrons. The van der Waals surface area contributed by atoms with Gasteiger partial charge in [-0.25, -0.2) is 0 Å². The molecular weight excluding hydrogens is 210 g/mol. The number of hydrogen-bond donors (Lipinski definition) is 1. The summed E-state index contributed by atoms with van der Waals surface area (Å²) in [6, 6.07) is 8.54. The Balaban J connectivity index is 2.96. The van der Waals surface area contributed by atoms with Crippen LogP contribution in [0, 0.1) is 10.1 Å². The molecule has 0 heterocycles. The van der Waals surface area contributed by atoms with Crippen molar-refractivity contribution in [3.05, 3.63) is 46.0 Å². The van der Waals surface area contributed by atoms with Crippen LogP contribution in [-0.4, -0.2) is 28.5 Å². The third kappa shape index (κ3) is 3.13. The number of aliphatic hydroxyl groups is 1. The Bertz CT molecular complexity index is 377. The quantitative estimate of drug-likeness (QED) is 0.596. The molecule has 0 aliphatic heterocycles. The first-order valence-corrected chi connectivity index (χ1v) is 4.87. The molecule has 0 aliphatic rings. The van der Waals surface area contributed by atoms with Crippen molar-refractivity contribution in [3.63, 3.8) is 0 Å². The number of carbonyl (C=O) groups excluding carboxylic acids is 1. The van der Waals surface area contributed by atoms with Crippen LogP contribution in [0.2, 0.25) is 0 Å². The van der Waals surface area contributed by atoms with Crippen molar-refractivity contribution < 1.29 is 14.8 Å². The van der Waals surface area contributed by atoms with Crippen LogP contribution < -0.4 is 0 Å². The maximum Gasteiger partial charge on any atom is 0.213 e. The fourth-order valence-corrected chi connectivity index (χ4v) is 1.53. The second kappa shape index (κ2) is 5.37. The monoisotopic (exact) mass is 223 g/mol. The highest BCUT2D eigenvalue weighted by Gasteiger charge is 2.29. The van der Waals surface area contributed by atoms with E-state index in [0.29, 0.717) is 5.56 Å². The molecule has 16 heavy (non-hydrogen) atoms. The number of carbonyl (C=O) groups is 1. The summed E-state index contributed by atoms with van der Waals surface area (Å²) in [4.78, 5) is 21.0. The summed E-state index contributed by atoms with van der Waals surface area (Å²) in [7, 11) is 0. The topological polar surface area (TPSA) is 80.4 Å². The smallest absolute Gasteiger partial charge is 0.213 e. The van der Waals surface area contributed by atoms with Gasteiger partial charge in [-0.05, 0) is 12.5 Å². The molecule has 0 radical (unpaired) electrons. The molecule has 1 rings (SSSR count). The average Bonchev–Trinajstić information content (AvgIpc) is 2.26. The minimum Gasteiger partial charge on any atom is -0.384 e. The number of Topliss-reactive ketones (excluding diaryl/α,β-unsaturated/α-hetero) is 1. The second-order valence-electron chi connectivity index (χ2n) is 3.59. The molecule has 5 nitrogen and oxygen atoms in total. The number of aliphatic hydroxyl groups excluding tert-OH is 1. The Labute approximate surface area is 92.9 Å². The van der Waals surface area contributed by atoms with Crippen LogP contribution in [0.15, 0.2) is 30.3 Å². The first kappa shape index (κ1) is 12.3. The minimum absolute atomic E-state index is 0.454. The molecule has 0 amide bonds. The fourth-order valence-electron chi connectivity index (χ4n) is 1.53. The Morgan fingerprint density at radius 1 is 1.44 bits per heavy atom. The van der Waals surface area contributed by atoms with Gasteiger partial charge in [0.2, 0.25) is 6.54 Å². The van der Waals surface area contributed by atoms with Crippen molar-refractivity contribution in [2.24, 2.45) is 0 Å². The van der Waals surface area contributed by atoms with Crippen LogP contribution in [0.1, 0.15) is 18.4 Å². The van der Waals surface area contributed by atoms with Crippen LogP contribution in [-0.2, 0) is 4.79 Å². The summed E-state index contributed by atoms with van der Waals surface area (Å²) < 4.78 is 0. The van der Waals surface area contributed by atoms with Gasteiger partial charge in [0.05, 0.1) is 5.92 Å². The molecule has 0 fully saturated rings. The lowest BCUT2D eigenvalue weighted by atomic mass is 9.91. The zero-order valence-electron chi connectivity index (χ0n) is 8.87. The van der Waals surface area contributed by atoms with E-state index in [1.165, 1.54) is 6.92 Å². The van der Waals surface area contributed by atoms with E-state index in [1.54, 1.807) is 30.3 Å². The molecule has 0 unspecified atom stereocenters. The van der Waals surface area contributed by atoms with E-state index in [1.807, 2.05) is 0 Å². The van der Waals surface area contributed by atoms with E-state index in [0.717, 1.165) is 0 Å². The van der Waals surface area contributed by atoms with E-state index in [2.05, 4.69) is 0 Å². The molecule has 0 spiro atoms. The van der Waals surface area contributed by atoms with Gasteiger partial charge in [-0.3, -0.25) is 14.9 Å². The molecule has 0 bridgehead atoms. The third-order valence-corrected chi connectivity index (χ3v) is 2.37. The Hall–Kier alpha value is -1.75. The van der Waals surface area contributed by atoms with Crippen molar-refractivity contribution in [1.29, 1.82) is 0 Å². The minimum atomic E-state index is -1.33. The number of hydrogen-bond acceptors (Lipinski definition) is 4. The Kier molecular flexibility index (Phi) is 4.13. The lowest BCUT2D eigenvalue weighted by Gasteiger charge is -2.17. The van der Waals surface area contributed by atoms with Crippen molar-refractivity contribution >= 4 is 5.78 Å². The molecule has 1 aromatic rings. The van der Waals surface area contributed by atoms with E-state index in [4.69, 9.17) is 0 Å². The van der Waals surface area contributed by atoms with Crippen LogP contribution in [0.25, 0.3) is 0 Å². The van der Waals surface area contributed by atoms with E-state index in [9.17, 15) is 20.0 Å². The first-order chi connectivity index (χ1) is 7.52. The van der Waals surface area contributed by atoms with Gasteiger partial charge in [-0.1, -0.05) is 30.3 Å². The summed E-state index contributed by atoms with van der Waals surface area (Å²) in [5.41, 5.74) is 0.599. The molecular formula is C11H13NO4. The Morgan fingerprint density at radius 3 is 2.44 bits per heavy atom. The normalized spacial score (nSPS) is 14.1. The highest BCUT2D eigenvalue weighted by Crippen LogP contribution is 2.20. The molecule has 0 aromatic heterocycles. The summed E-state index contributed by atoms with van der Waals surface area (Å²) in [5, 5.41) is 20.1. The third-order valence-electron chi connectivity index (χ3n) is 2.37. The van der Waals surface area contributed by atoms with Gasteiger partial charge >= 0.3 is 0 Å². The highest BCUT2D eigenvalue weighted by atomic mass is 16.6. The molecule has 0 saturated heterocycles. The number of nitrogens with zero attached hydrogens (tertiary/aromatic N) is 1. The largest absolute Gasteiger partial charge is 0.384 e. The maximum atomic E-state index is 11.1. The van der Waals surface area contributed by atoms with Crippen molar-refractivity contribution in [1.82, 2.24) is 0 Å². The zero-order valence-corrected chi connectivity index (χ0v) is 8.87. The van der Waals surface area contributed by atoms with Crippen LogP contribution in [0.3, 0.4) is 0 Å². The van der Waals surface area contributed by atoms with Gasteiger partial charge < -0.3 is 5.11 Å². The van der Waals surface area contributed by atoms with E-state index >= 15 is 0 Å². The average molecular weight is 223 g/mol. The molecule has 0 saturated carbocycles. The lowest BCUT2D eigenvalue weighted by molar-refractivity contribution is -0.484. The summed E-state index contributed by atoms with van der Waals surface area (Å²) in [6.07, 6.45) is -1.33. The van der Waals surface area contributed by atoms with E-state index in [-0.39, 0.29) is 0 Å². The van der Waals surface area contributed by atoms with Gasteiger partial charge in [0.1, 0.15) is 6.10 Å². The number of rotatable bonds is 5. The van der Waals surface area contributed by atoms with Gasteiger partial charge in [0.15, 0.2) is 5.78 Å². The second-order valence-corrected chi connectivity index (χ2v) is 3.59. The Morgan fingerprint density at radius 2 is 2.00 bits per heavy atom. The summed E-state index contributed by atoms with van der Waals surface area (Å²) in [5.74, 6) is -1.25. The SMILES string of the molecule is CC(=O)[C@@H](O)[C@@H](C[N+](=O)[O-])c1ccccc1. The van der Waals surface area contributed by atoms with Crippen LogP contribution in [0.4, 0.5) is 0 Å². The van der Waals surface area contributed by atoms with Crippen LogP contribution >= 0.6 is 0 Å². The molecule has 1 aromatic carbocycles. The zero-order chi connectivity index (χ0) is 12.1. The molecule has 5 heteroatoms.